The van der Waals surface area contributed by atoms with Gasteiger partial charge in [-0.2, -0.15) is 0 Å². The molecule has 4 heteroatoms. The Morgan fingerprint density at radius 3 is 3.14 bits per heavy atom. The van der Waals surface area contributed by atoms with Gasteiger partial charge in [0.05, 0.1) is 5.56 Å². The smallest absolute Gasteiger partial charge is 0.338 e. The van der Waals surface area contributed by atoms with Gasteiger partial charge in [0.1, 0.15) is 6.10 Å². The number of carbonyl (C=O) groups excluding carboxylic acids is 1. The maximum Gasteiger partial charge on any atom is 0.338 e. The maximum atomic E-state index is 11.9. The Morgan fingerprint density at radius 1 is 1.32 bits per heavy atom. The molecule has 0 aliphatic carbocycles. The first kappa shape index (κ1) is 14.2. The molecule has 0 aromatic heterocycles. The molecule has 4 nitrogen and oxygen atoms in total. The molecule has 0 bridgehead atoms. The molecule has 0 unspecified atom stereocenters. The van der Waals surface area contributed by atoms with Gasteiger partial charge in [-0.25, -0.2) is 4.79 Å². The van der Waals surface area contributed by atoms with Crippen molar-refractivity contribution in [3.63, 3.8) is 0 Å². The van der Waals surface area contributed by atoms with E-state index in [1.165, 1.54) is 24.0 Å². The van der Waals surface area contributed by atoms with Crippen LogP contribution in [-0.4, -0.2) is 49.2 Å². The lowest BCUT2D eigenvalue weighted by Crippen LogP contribution is -2.54. The highest BCUT2D eigenvalue weighted by atomic mass is 16.5. The number of piperidine rings is 1. The van der Waals surface area contributed by atoms with Crippen LogP contribution in [0.3, 0.4) is 0 Å². The topological polar surface area (TPSA) is 41.6 Å². The third-order valence-corrected chi connectivity index (χ3v) is 5.41. The third-order valence-electron chi connectivity index (χ3n) is 5.41. The monoisotopic (exact) mass is 300 g/mol. The van der Waals surface area contributed by atoms with E-state index in [-0.39, 0.29) is 12.1 Å². The van der Waals surface area contributed by atoms with E-state index in [1.54, 1.807) is 0 Å². The van der Waals surface area contributed by atoms with Crippen LogP contribution in [0.25, 0.3) is 0 Å². The fourth-order valence-electron chi connectivity index (χ4n) is 4.20. The molecule has 0 spiro atoms. The van der Waals surface area contributed by atoms with Crippen molar-refractivity contribution in [2.24, 2.45) is 0 Å². The lowest BCUT2D eigenvalue weighted by molar-refractivity contribution is 0.0301. The molecule has 1 N–H and O–H groups in total. The van der Waals surface area contributed by atoms with Crippen molar-refractivity contribution in [2.75, 3.05) is 26.2 Å². The van der Waals surface area contributed by atoms with Crippen molar-refractivity contribution in [1.82, 2.24) is 10.2 Å². The van der Waals surface area contributed by atoms with Gasteiger partial charge in [0.15, 0.2) is 0 Å². The summed E-state index contributed by atoms with van der Waals surface area (Å²) >= 11 is 0. The van der Waals surface area contributed by atoms with E-state index in [0.717, 1.165) is 44.2 Å². The zero-order chi connectivity index (χ0) is 15.1. The molecule has 3 aliphatic heterocycles. The highest BCUT2D eigenvalue weighted by Crippen LogP contribution is 2.33. The second-order valence-corrected chi connectivity index (χ2v) is 6.96. The first-order valence-electron chi connectivity index (χ1n) is 8.49. The number of piperazine rings is 1. The number of benzene rings is 1. The third kappa shape index (κ3) is 2.55. The summed E-state index contributed by atoms with van der Waals surface area (Å²) in [4.78, 5) is 14.6. The molecular weight excluding hydrogens is 276 g/mol. The molecule has 4 rings (SSSR count). The summed E-state index contributed by atoms with van der Waals surface area (Å²) in [5, 5.41) is 3.50. The zero-order valence-corrected chi connectivity index (χ0v) is 13.2. The second-order valence-electron chi connectivity index (χ2n) is 6.96. The summed E-state index contributed by atoms with van der Waals surface area (Å²) < 4.78 is 5.31. The molecule has 2 fully saturated rings. The van der Waals surface area contributed by atoms with E-state index in [4.69, 9.17) is 4.74 Å². The van der Waals surface area contributed by atoms with E-state index in [0.29, 0.717) is 5.92 Å². The van der Waals surface area contributed by atoms with Gasteiger partial charge in [0.25, 0.3) is 0 Å². The number of nitrogens with one attached hydrogen (secondary N) is 1. The van der Waals surface area contributed by atoms with Crippen molar-refractivity contribution in [2.45, 2.75) is 44.2 Å². The summed E-state index contributed by atoms with van der Waals surface area (Å²) in [6, 6.07) is 7.10. The van der Waals surface area contributed by atoms with E-state index in [9.17, 15) is 4.79 Å². The molecule has 118 valence electrons. The predicted octanol–water partition coefficient (Wildman–Crippen LogP) is 1.94. The van der Waals surface area contributed by atoms with E-state index in [2.05, 4.69) is 22.3 Å². The average molecular weight is 300 g/mol. The summed E-state index contributed by atoms with van der Waals surface area (Å²) in [6.45, 7) is 6.54. The molecule has 0 saturated carbocycles. The standard InChI is InChI=1S/C18H24N2O2/c1-12-8-15-9-13(3-5-17(15)18(21)22-12)14-2-4-16-10-19-6-7-20(16)11-14/h3,5,9,12,14,16,19H,2,4,6-8,10-11H2,1H3/t12-,14+,16-/m1/s1. The highest BCUT2D eigenvalue weighted by Gasteiger charge is 2.31. The molecule has 1 aromatic carbocycles. The van der Waals surface area contributed by atoms with Gasteiger partial charge in [-0.3, -0.25) is 4.90 Å². The number of cyclic esters (lactones) is 1. The molecule has 0 amide bonds. The number of rotatable bonds is 1. The first-order chi connectivity index (χ1) is 10.7. The van der Waals surface area contributed by atoms with Gasteiger partial charge in [0, 0.05) is 38.6 Å². The number of esters is 1. The first-order valence-corrected chi connectivity index (χ1v) is 8.49. The minimum atomic E-state index is -0.161. The molecule has 3 heterocycles. The Labute approximate surface area is 131 Å². The Morgan fingerprint density at radius 2 is 2.23 bits per heavy atom. The molecule has 22 heavy (non-hydrogen) atoms. The van der Waals surface area contributed by atoms with Crippen molar-refractivity contribution in [1.29, 1.82) is 0 Å². The average Bonchev–Trinajstić information content (AvgIpc) is 2.53. The van der Waals surface area contributed by atoms with Gasteiger partial charge in [0.2, 0.25) is 0 Å². The van der Waals surface area contributed by atoms with Gasteiger partial charge < -0.3 is 10.1 Å². The highest BCUT2D eigenvalue weighted by molar-refractivity contribution is 5.92. The molecule has 3 aliphatic rings. The number of fused-ring (bicyclic) bond motifs is 2. The minimum absolute atomic E-state index is 0.000782. The fraction of sp³-hybridized carbons (Fsp3) is 0.611. The van der Waals surface area contributed by atoms with Crippen LogP contribution in [-0.2, 0) is 11.2 Å². The quantitative estimate of drug-likeness (QED) is 0.805. The van der Waals surface area contributed by atoms with Gasteiger partial charge >= 0.3 is 5.97 Å². The van der Waals surface area contributed by atoms with E-state index >= 15 is 0 Å². The van der Waals surface area contributed by atoms with Crippen molar-refractivity contribution >= 4 is 5.97 Å². The molecule has 0 radical (unpaired) electrons. The Bertz CT molecular complexity index is 586. The van der Waals surface area contributed by atoms with Gasteiger partial charge in [-0.1, -0.05) is 12.1 Å². The summed E-state index contributed by atoms with van der Waals surface area (Å²) in [6.07, 6.45) is 3.37. The number of carbonyl (C=O) groups is 1. The second kappa shape index (κ2) is 5.67. The SMILES string of the molecule is C[C@@H]1Cc2cc([C@H]3CC[C@@H]4CNCCN4C3)ccc2C(=O)O1. The molecular formula is C18H24N2O2. The number of hydrogen-bond donors (Lipinski definition) is 1. The fourth-order valence-corrected chi connectivity index (χ4v) is 4.20. The van der Waals surface area contributed by atoms with Crippen LogP contribution in [0.15, 0.2) is 18.2 Å². The van der Waals surface area contributed by atoms with Gasteiger partial charge in [-0.15, -0.1) is 0 Å². The largest absolute Gasteiger partial charge is 0.459 e. The summed E-state index contributed by atoms with van der Waals surface area (Å²) in [5.74, 6) is 0.444. The number of ether oxygens (including phenoxy) is 1. The lowest BCUT2D eigenvalue weighted by atomic mass is 9.84. The Kier molecular flexibility index (Phi) is 3.66. The van der Waals surface area contributed by atoms with Crippen LogP contribution >= 0.6 is 0 Å². The van der Waals surface area contributed by atoms with E-state index < -0.39 is 0 Å². The van der Waals surface area contributed by atoms with E-state index in [1.807, 2.05) is 13.0 Å². The lowest BCUT2D eigenvalue weighted by Gasteiger charge is -2.43. The van der Waals surface area contributed by atoms with Crippen LogP contribution in [0.1, 0.15) is 47.2 Å². The predicted molar refractivity (Wildman–Crippen MR) is 85.2 cm³/mol. The number of hydrogen-bond acceptors (Lipinski definition) is 4. The number of nitrogens with zero attached hydrogens (tertiary/aromatic N) is 1. The van der Waals surface area contributed by atoms with Crippen LogP contribution in [0.4, 0.5) is 0 Å². The maximum absolute atomic E-state index is 11.9. The molecule has 2 saturated heterocycles. The van der Waals surface area contributed by atoms with Crippen LogP contribution < -0.4 is 5.32 Å². The summed E-state index contributed by atoms with van der Waals surface area (Å²) in [7, 11) is 0. The summed E-state index contributed by atoms with van der Waals surface area (Å²) in [5.41, 5.74) is 3.33. The normalized spacial score (nSPS) is 32.0. The van der Waals surface area contributed by atoms with Crippen molar-refractivity contribution in [3.8, 4) is 0 Å². The van der Waals surface area contributed by atoms with Crippen LogP contribution in [0.5, 0.6) is 0 Å². The Balaban J connectivity index is 1.56. The molecule has 3 atom stereocenters. The Hall–Kier alpha value is -1.39. The van der Waals surface area contributed by atoms with Crippen LogP contribution in [0, 0.1) is 0 Å². The van der Waals surface area contributed by atoms with Gasteiger partial charge in [-0.05, 0) is 42.9 Å². The molecule has 1 aromatic rings. The van der Waals surface area contributed by atoms with Crippen molar-refractivity contribution in [3.05, 3.63) is 34.9 Å². The minimum Gasteiger partial charge on any atom is -0.459 e. The zero-order valence-electron chi connectivity index (χ0n) is 13.2. The van der Waals surface area contributed by atoms with Crippen LogP contribution in [0.2, 0.25) is 0 Å². The van der Waals surface area contributed by atoms with Crippen molar-refractivity contribution < 1.29 is 9.53 Å².